The van der Waals surface area contributed by atoms with E-state index in [1.54, 1.807) is 0 Å². The van der Waals surface area contributed by atoms with Gasteiger partial charge in [-0.05, 0) is 84.2 Å². The fraction of sp³-hybridized carbons (Fsp3) is 0. The average Bonchev–Trinajstić information content (AvgIpc) is 3.58. The predicted octanol–water partition coefficient (Wildman–Crippen LogP) is 13.7. The molecule has 236 valence electrons. The third-order valence-corrected chi connectivity index (χ3v) is 10.6. The minimum atomic E-state index is 0.882. The second-order valence-corrected chi connectivity index (χ2v) is 13.4. The van der Waals surface area contributed by atoms with Crippen LogP contribution >= 0.6 is 0 Å². The Labute approximate surface area is 293 Å². The maximum absolute atomic E-state index is 6.60. The van der Waals surface area contributed by atoms with Crippen LogP contribution in [0.4, 0.5) is 0 Å². The molecule has 0 unspecified atom stereocenters. The lowest BCUT2D eigenvalue weighted by atomic mass is 9.85. The summed E-state index contributed by atoms with van der Waals surface area (Å²) in [7, 11) is 0. The van der Waals surface area contributed by atoms with Crippen molar-refractivity contribution in [2.45, 2.75) is 0 Å². The zero-order chi connectivity index (χ0) is 33.5. The number of nitrogens with zero attached hydrogens (tertiary/aromatic N) is 1. The number of fused-ring (bicyclic) bond motifs is 10. The van der Waals surface area contributed by atoms with Gasteiger partial charge in [-0.15, -0.1) is 0 Å². The molecule has 0 saturated heterocycles. The molecule has 0 aliphatic rings. The predicted molar refractivity (Wildman–Crippen MR) is 215 cm³/mol. The van der Waals surface area contributed by atoms with Gasteiger partial charge in [-0.2, -0.15) is 0 Å². The zero-order valence-electron chi connectivity index (χ0n) is 27.6. The number of para-hydroxylation sites is 2. The number of aromatic nitrogens is 1. The molecule has 2 aromatic heterocycles. The van der Waals surface area contributed by atoms with Crippen molar-refractivity contribution < 1.29 is 4.42 Å². The van der Waals surface area contributed by atoms with Crippen LogP contribution in [0, 0.1) is 0 Å². The van der Waals surface area contributed by atoms with Crippen LogP contribution in [0.1, 0.15) is 0 Å². The molecule has 0 atom stereocenters. The molecule has 0 aliphatic heterocycles. The number of hydrogen-bond acceptors (Lipinski definition) is 2. The first-order valence-corrected chi connectivity index (χ1v) is 17.5. The van der Waals surface area contributed by atoms with Gasteiger partial charge in [0, 0.05) is 21.7 Å². The summed E-state index contributed by atoms with van der Waals surface area (Å²) < 4.78 is 6.60. The van der Waals surface area contributed by atoms with Crippen molar-refractivity contribution in [3.63, 3.8) is 0 Å². The smallest absolute Gasteiger partial charge is 0.145 e. The van der Waals surface area contributed by atoms with Crippen molar-refractivity contribution in [3.8, 4) is 33.5 Å². The van der Waals surface area contributed by atoms with Gasteiger partial charge in [0.25, 0.3) is 0 Å². The molecule has 11 rings (SSSR count). The van der Waals surface area contributed by atoms with E-state index in [0.717, 1.165) is 54.9 Å². The minimum Gasteiger partial charge on any atom is -0.455 e. The van der Waals surface area contributed by atoms with Crippen LogP contribution in [-0.2, 0) is 0 Å². The lowest BCUT2D eigenvalue weighted by Gasteiger charge is -2.18. The van der Waals surface area contributed by atoms with Crippen molar-refractivity contribution in [1.82, 2.24) is 4.98 Å². The van der Waals surface area contributed by atoms with Gasteiger partial charge < -0.3 is 4.42 Å². The van der Waals surface area contributed by atoms with Crippen LogP contribution in [0.3, 0.4) is 0 Å². The molecule has 2 heteroatoms. The quantitative estimate of drug-likeness (QED) is 0.141. The van der Waals surface area contributed by atoms with Gasteiger partial charge in [0.15, 0.2) is 0 Å². The Kier molecular flexibility index (Phi) is 5.99. The second kappa shape index (κ2) is 10.9. The maximum Gasteiger partial charge on any atom is 0.145 e. The fourth-order valence-corrected chi connectivity index (χ4v) is 8.32. The van der Waals surface area contributed by atoms with Crippen molar-refractivity contribution in [2.24, 2.45) is 0 Å². The summed E-state index contributed by atoms with van der Waals surface area (Å²) in [6, 6.07) is 63.2. The van der Waals surface area contributed by atoms with E-state index >= 15 is 0 Å². The molecule has 2 nitrogen and oxygen atoms in total. The molecule has 9 aromatic carbocycles. The molecule has 0 saturated carbocycles. The minimum absolute atomic E-state index is 0.882. The molecular formula is C49H29NO. The number of furan rings is 1. The summed E-state index contributed by atoms with van der Waals surface area (Å²) in [5.41, 5.74) is 9.66. The van der Waals surface area contributed by atoms with Gasteiger partial charge in [0.2, 0.25) is 0 Å². The summed E-state index contributed by atoms with van der Waals surface area (Å²) in [4.78, 5) is 5.30. The molecule has 2 heterocycles. The van der Waals surface area contributed by atoms with E-state index in [1.165, 1.54) is 54.6 Å². The summed E-state index contributed by atoms with van der Waals surface area (Å²) in [6.07, 6.45) is 0. The van der Waals surface area contributed by atoms with Crippen LogP contribution in [0.5, 0.6) is 0 Å². The van der Waals surface area contributed by atoms with Crippen molar-refractivity contribution in [1.29, 1.82) is 0 Å². The van der Waals surface area contributed by atoms with Crippen LogP contribution in [0.25, 0.3) is 109 Å². The monoisotopic (exact) mass is 647 g/mol. The fourth-order valence-electron chi connectivity index (χ4n) is 8.32. The number of rotatable bonds is 3. The first-order chi connectivity index (χ1) is 25.3. The van der Waals surface area contributed by atoms with E-state index in [4.69, 9.17) is 9.40 Å². The first kappa shape index (κ1) is 28.1. The van der Waals surface area contributed by atoms with Gasteiger partial charge in [-0.1, -0.05) is 152 Å². The van der Waals surface area contributed by atoms with Crippen LogP contribution in [0.15, 0.2) is 180 Å². The lowest BCUT2D eigenvalue weighted by Crippen LogP contribution is -1.92. The summed E-state index contributed by atoms with van der Waals surface area (Å²) >= 11 is 0. The van der Waals surface area contributed by atoms with Crippen molar-refractivity contribution >= 4 is 75.9 Å². The van der Waals surface area contributed by atoms with Crippen molar-refractivity contribution in [2.75, 3.05) is 0 Å². The highest BCUT2D eigenvalue weighted by molar-refractivity contribution is 6.24. The largest absolute Gasteiger partial charge is 0.455 e. The normalized spacial score (nSPS) is 11.9. The van der Waals surface area contributed by atoms with E-state index in [9.17, 15) is 0 Å². The molecule has 0 N–H and O–H groups in total. The molecule has 11 aromatic rings. The van der Waals surface area contributed by atoms with Crippen LogP contribution in [0.2, 0.25) is 0 Å². The Morgan fingerprint density at radius 2 is 0.882 bits per heavy atom. The van der Waals surface area contributed by atoms with Gasteiger partial charge in [0.05, 0.1) is 16.6 Å². The van der Waals surface area contributed by atoms with E-state index in [2.05, 4.69) is 164 Å². The standard InChI is InChI=1S/C49H29NO/c1-2-12-33-29-34(26-21-30(33)11-1)46-39-17-5-3-15-37(39)45(38-16-4-6-18-40(38)46)31-22-24-32(25-23-31)48-47-41(35-13-7-9-19-43(35)50-48)27-28-42-36-14-8-10-20-44(36)51-49(42)47/h1-29H. The molecule has 0 bridgehead atoms. The van der Waals surface area contributed by atoms with Gasteiger partial charge >= 0.3 is 0 Å². The topological polar surface area (TPSA) is 26.0 Å². The lowest BCUT2D eigenvalue weighted by molar-refractivity contribution is 0.672. The highest BCUT2D eigenvalue weighted by Gasteiger charge is 2.20. The Balaban J connectivity index is 1.14. The second-order valence-electron chi connectivity index (χ2n) is 13.4. The Morgan fingerprint density at radius 1 is 0.353 bits per heavy atom. The SMILES string of the molecule is c1ccc2cc(-c3c4ccccc4c(-c4ccc(-c5nc6ccccc6c6ccc7c8ccccc8oc7c56)cc4)c4ccccc34)ccc2c1. The number of hydrogen-bond donors (Lipinski definition) is 0. The molecule has 51 heavy (non-hydrogen) atoms. The third-order valence-electron chi connectivity index (χ3n) is 10.6. The summed E-state index contributed by atoms with van der Waals surface area (Å²) in [5, 5.41) is 13.0. The molecule has 0 fully saturated rings. The maximum atomic E-state index is 6.60. The van der Waals surface area contributed by atoms with Gasteiger partial charge in [-0.3, -0.25) is 0 Å². The third kappa shape index (κ3) is 4.20. The summed E-state index contributed by atoms with van der Waals surface area (Å²) in [6.45, 7) is 0. The highest BCUT2D eigenvalue weighted by atomic mass is 16.3. The number of pyridine rings is 1. The van der Waals surface area contributed by atoms with E-state index in [-0.39, 0.29) is 0 Å². The molecule has 0 amide bonds. The number of benzene rings is 9. The molecule has 0 spiro atoms. The first-order valence-electron chi connectivity index (χ1n) is 17.5. The summed E-state index contributed by atoms with van der Waals surface area (Å²) in [5.74, 6) is 0. The van der Waals surface area contributed by atoms with Crippen LogP contribution < -0.4 is 0 Å². The Hall–Kier alpha value is -6.77. The Morgan fingerprint density at radius 3 is 1.61 bits per heavy atom. The van der Waals surface area contributed by atoms with Gasteiger partial charge in [-0.25, -0.2) is 4.98 Å². The van der Waals surface area contributed by atoms with E-state index in [0.29, 0.717) is 0 Å². The molecule has 0 aliphatic carbocycles. The van der Waals surface area contributed by atoms with Gasteiger partial charge in [0.1, 0.15) is 11.2 Å². The van der Waals surface area contributed by atoms with E-state index in [1.807, 2.05) is 12.1 Å². The molecule has 0 radical (unpaired) electrons. The van der Waals surface area contributed by atoms with E-state index < -0.39 is 0 Å². The van der Waals surface area contributed by atoms with Crippen LogP contribution in [-0.4, -0.2) is 4.98 Å². The highest BCUT2D eigenvalue weighted by Crippen LogP contribution is 2.45. The Bertz CT molecular complexity index is 3130. The molecular weight excluding hydrogens is 619 g/mol. The zero-order valence-corrected chi connectivity index (χ0v) is 27.6. The van der Waals surface area contributed by atoms with Crippen molar-refractivity contribution in [3.05, 3.63) is 176 Å². The average molecular weight is 648 g/mol.